The van der Waals surface area contributed by atoms with Gasteiger partial charge in [-0.15, -0.1) is 0 Å². The minimum absolute atomic E-state index is 0. The Balaban J connectivity index is 0.000001000. The van der Waals surface area contributed by atoms with Crippen molar-refractivity contribution in [1.82, 2.24) is 5.32 Å². The number of halogens is 2. The van der Waals surface area contributed by atoms with Crippen molar-refractivity contribution in [2.75, 3.05) is 13.1 Å². The second kappa shape index (κ2) is 2.82. The Labute approximate surface area is 61.3 Å². The lowest BCUT2D eigenvalue weighted by Crippen LogP contribution is -2.40. The summed E-state index contributed by atoms with van der Waals surface area (Å²) in [4.78, 5) is 0. The van der Waals surface area contributed by atoms with Gasteiger partial charge in [0.25, 0.3) is 0 Å². The molecule has 1 rings (SSSR count). The van der Waals surface area contributed by atoms with E-state index in [0.717, 1.165) is 13.1 Å². The lowest BCUT2D eigenvalue weighted by molar-refractivity contribution is -0.109. The lowest BCUT2D eigenvalue weighted by Gasteiger charge is -2.34. The highest BCUT2D eigenvalue weighted by Gasteiger charge is 2.44. The molecule has 0 radical (unpaired) electrons. The zero-order chi connectivity index (χ0) is 7.61. The first kappa shape index (κ1) is 7.92. The van der Waals surface area contributed by atoms with Gasteiger partial charge >= 0.3 is 0 Å². The molecular weight excluding hydrogens is 136 g/mol. The standard InChI is InChI=1S/C7H13F2N.H2/c1-2-10-5-6-3-7(8,9)4-6;/h6,10H,2-5H2,1H3;1H. The average molecular weight is 151 g/mol. The first-order valence-corrected chi connectivity index (χ1v) is 3.72. The fourth-order valence-corrected chi connectivity index (χ4v) is 1.28. The maximum atomic E-state index is 12.2. The highest BCUT2D eigenvalue weighted by molar-refractivity contribution is 4.86. The van der Waals surface area contributed by atoms with E-state index in [1.165, 1.54) is 0 Å². The SMILES string of the molecule is CCNCC1CC(F)(F)C1.[HH]. The van der Waals surface area contributed by atoms with E-state index >= 15 is 0 Å². The van der Waals surface area contributed by atoms with Gasteiger partial charge in [0, 0.05) is 14.3 Å². The topological polar surface area (TPSA) is 12.0 Å². The summed E-state index contributed by atoms with van der Waals surface area (Å²) in [5.41, 5.74) is 0. The molecule has 10 heavy (non-hydrogen) atoms. The molecule has 0 saturated heterocycles. The van der Waals surface area contributed by atoms with Crippen LogP contribution in [0.2, 0.25) is 0 Å². The van der Waals surface area contributed by atoms with Gasteiger partial charge in [0.05, 0.1) is 0 Å². The predicted octanol–water partition coefficient (Wildman–Crippen LogP) is 1.89. The molecule has 3 heteroatoms. The minimum Gasteiger partial charge on any atom is -0.317 e. The monoisotopic (exact) mass is 151 g/mol. The first-order valence-electron chi connectivity index (χ1n) is 3.72. The van der Waals surface area contributed by atoms with Crippen LogP contribution in [0.25, 0.3) is 0 Å². The molecule has 0 unspecified atom stereocenters. The zero-order valence-electron chi connectivity index (χ0n) is 6.16. The second-order valence-electron chi connectivity index (χ2n) is 2.94. The third kappa shape index (κ3) is 1.90. The highest BCUT2D eigenvalue weighted by atomic mass is 19.3. The summed E-state index contributed by atoms with van der Waals surface area (Å²) in [6.45, 7) is 3.62. The van der Waals surface area contributed by atoms with Gasteiger partial charge < -0.3 is 5.32 Å². The highest BCUT2D eigenvalue weighted by Crippen LogP contribution is 2.41. The minimum atomic E-state index is -2.35. The molecule has 0 aromatic heterocycles. The van der Waals surface area contributed by atoms with Crippen molar-refractivity contribution in [1.29, 1.82) is 0 Å². The zero-order valence-corrected chi connectivity index (χ0v) is 6.16. The van der Waals surface area contributed by atoms with Gasteiger partial charge in [-0.25, -0.2) is 8.78 Å². The van der Waals surface area contributed by atoms with Crippen LogP contribution in [0.1, 0.15) is 21.2 Å². The summed E-state index contributed by atoms with van der Waals surface area (Å²) in [5, 5.41) is 3.05. The smallest absolute Gasteiger partial charge is 0.248 e. The Kier molecular flexibility index (Phi) is 2.24. The van der Waals surface area contributed by atoms with Crippen LogP contribution in [0.5, 0.6) is 0 Å². The Bertz CT molecular complexity index is 111. The molecule has 0 heterocycles. The van der Waals surface area contributed by atoms with Crippen molar-refractivity contribution in [2.45, 2.75) is 25.7 Å². The number of hydrogen-bond acceptors (Lipinski definition) is 1. The molecule has 0 aromatic carbocycles. The van der Waals surface area contributed by atoms with Crippen molar-refractivity contribution in [3.05, 3.63) is 0 Å². The van der Waals surface area contributed by atoms with Crippen LogP contribution < -0.4 is 5.32 Å². The van der Waals surface area contributed by atoms with Gasteiger partial charge in [-0.3, -0.25) is 0 Å². The van der Waals surface area contributed by atoms with Crippen molar-refractivity contribution in [2.24, 2.45) is 5.92 Å². The quantitative estimate of drug-likeness (QED) is 0.649. The molecule has 0 aromatic rings. The number of rotatable bonds is 3. The van der Waals surface area contributed by atoms with Crippen molar-refractivity contribution in [3.63, 3.8) is 0 Å². The van der Waals surface area contributed by atoms with Crippen LogP contribution in [0.3, 0.4) is 0 Å². The third-order valence-corrected chi connectivity index (χ3v) is 1.86. The molecule has 62 valence electrons. The van der Waals surface area contributed by atoms with E-state index < -0.39 is 5.92 Å². The van der Waals surface area contributed by atoms with Crippen LogP contribution in [-0.2, 0) is 0 Å². The van der Waals surface area contributed by atoms with Crippen LogP contribution in [0.4, 0.5) is 8.78 Å². The molecule has 1 aliphatic rings. The Morgan fingerprint density at radius 2 is 2.20 bits per heavy atom. The van der Waals surface area contributed by atoms with Crippen LogP contribution in [0, 0.1) is 5.92 Å². The van der Waals surface area contributed by atoms with Gasteiger partial charge in [-0.05, 0) is 19.0 Å². The Hall–Kier alpha value is -0.180. The molecular formula is C7H15F2N. The fraction of sp³-hybridized carbons (Fsp3) is 1.00. The number of nitrogens with one attached hydrogen (secondary N) is 1. The summed E-state index contributed by atoms with van der Waals surface area (Å²) in [6.07, 6.45) is 0.167. The normalized spacial score (nSPS) is 24.3. The van der Waals surface area contributed by atoms with E-state index in [4.69, 9.17) is 0 Å². The summed E-state index contributed by atoms with van der Waals surface area (Å²) in [7, 11) is 0. The fourth-order valence-electron chi connectivity index (χ4n) is 1.28. The molecule has 0 spiro atoms. The van der Waals surface area contributed by atoms with E-state index in [9.17, 15) is 8.78 Å². The van der Waals surface area contributed by atoms with E-state index in [-0.39, 0.29) is 20.2 Å². The summed E-state index contributed by atoms with van der Waals surface area (Å²) < 4.78 is 24.4. The van der Waals surface area contributed by atoms with E-state index in [0.29, 0.717) is 0 Å². The van der Waals surface area contributed by atoms with Crippen molar-refractivity contribution in [3.8, 4) is 0 Å². The molecule has 1 aliphatic carbocycles. The summed E-state index contributed by atoms with van der Waals surface area (Å²) >= 11 is 0. The average Bonchev–Trinajstić information content (AvgIpc) is 1.78. The molecule has 0 amide bonds. The predicted molar refractivity (Wildman–Crippen MR) is 38.3 cm³/mol. The van der Waals surface area contributed by atoms with Crippen LogP contribution >= 0.6 is 0 Å². The molecule has 1 nitrogen and oxygen atoms in total. The summed E-state index contributed by atoms with van der Waals surface area (Å²) in [6, 6.07) is 0. The molecule has 1 saturated carbocycles. The van der Waals surface area contributed by atoms with Crippen LogP contribution in [0.15, 0.2) is 0 Å². The van der Waals surface area contributed by atoms with Crippen molar-refractivity contribution < 1.29 is 10.2 Å². The maximum absolute atomic E-state index is 12.2. The summed E-state index contributed by atoms with van der Waals surface area (Å²) in [5.74, 6) is -2.13. The lowest BCUT2D eigenvalue weighted by atomic mass is 9.81. The van der Waals surface area contributed by atoms with E-state index in [1.54, 1.807) is 0 Å². The largest absolute Gasteiger partial charge is 0.317 e. The Morgan fingerprint density at radius 1 is 1.60 bits per heavy atom. The Morgan fingerprint density at radius 3 is 2.60 bits per heavy atom. The molecule has 1 fully saturated rings. The van der Waals surface area contributed by atoms with Crippen LogP contribution in [-0.4, -0.2) is 19.0 Å². The van der Waals surface area contributed by atoms with Gasteiger partial charge in [0.2, 0.25) is 5.92 Å². The number of hydrogen-bond donors (Lipinski definition) is 1. The number of alkyl halides is 2. The first-order chi connectivity index (χ1) is 4.64. The maximum Gasteiger partial charge on any atom is 0.248 e. The molecule has 0 bridgehead atoms. The molecule has 0 aliphatic heterocycles. The van der Waals surface area contributed by atoms with Gasteiger partial charge in [-0.1, -0.05) is 6.92 Å². The van der Waals surface area contributed by atoms with E-state index in [2.05, 4.69) is 5.32 Å². The third-order valence-electron chi connectivity index (χ3n) is 1.86. The van der Waals surface area contributed by atoms with Gasteiger partial charge in [0.15, 0.2) is 0 Å². The molecule has 1 N–H and O–H groups in total. The van der Waals surface area contributed by atoms with Gasteiger partial charge in [0.1, 0.15) is 0 Å². The van der Waals surface area contributed by atoms with E-state index in [1.807, 2.05) is 6.92 Å². The van der Waals surface area contributed by atoms with Gasteiger partial charge in [-0.2, -0.15) is 0 Å². The van der Waals surface area contributed by atoms with Crippen molar-refractivity contribution >= 4 is 0 Å². The molecule has 0 atom stereocenters. The second-order valence-corrected chi connectivity index (χ2v) is 2.94.